The molecule has 0 aromatic heterocycles. The summed E-state index contributed by atoms with van der Waals surface area (Å²) in [6.45, 7) is 0.464. The van der Waals surface area contributed by atoms with Crippen LogP contribution < -0.4 is 0 Å². The van der Waals surface area contributed by atoms with Gasteiger partial charge in [0.05, 0.1) is 0 Å². The maximum absolute atomic E-state index is 11.9. The third-order valence-corrected chi connectivity index (χ3v) is 2.23. The summed E-state index contributed by atoms with van der Waals surface area (Å²) in [4.78, 5) is 34.2. The highest BCUT2D eigenvalue weighted by molar-refractivity contribution is 6.31. The molecule has 6 heteroatoms. The molecular formula is C11H10ClNO4. The number of amides is 2. The van der Waals surface area contributed by atoms with E-state index in [-0.39, 0.29) is 5.56 Å². The molecule has 17 heavy (non-hydrogen) atoms. The summed E-state index contributed by atoms with van der Waals surface area (Å²) >= 11 is 5.71. The van der Waals surface area contributed by atoms with Crippen LogP contribution in [0.1, 0.15) is 17.3 Å². The summed E-state index contributed by atoms with van der Waals surface area (Å²) in [5, 5.41) is 8.95. The molecular weight excluding hydrogens is 246 g/mol. The zero-order valence-electron chi connectivity index (χ0n) is 9.01. The van der Waals surface area contributed by atoms with Crippen molar-refractivity contribution in [3.63, 3.8) is 0 Å². The molecule has 0 unspecified atom stereocenters. The van der Waals surface area contributed by atoms with E-state index in [0.717, 1.165) is 6.92 Å². The van der Waals surface area contributed by atoms with Gasteiger partial charge in [-0.3, -0.25) is 19.3 Å². The molecule has 0 bridgehead atoms. The van der Waals surface area contributed by atoms with Crippen LogP contribution in [0.15, 0.2) is 24.3 Å². The molecule has 1 N–H and O–H groups in total. The Morgan fingerprint density at radius 1 is 1.35 bits per heavy atom. The van der Waals surface area contributed by atoms with Crippen LogP contribution in [-0.4, -0.2) is 34.3 Å². The zero-order chi connectivity index (χ0) is 13.0. The molecule has 5 nitrogen and oxygen atoms in total. The summed E-state index contributed by atoms with van der Waals surface area (Å²) in [6, 6.07) is 5.97. The average Bonchev–Trinajstić information content (AvgIpc) is 2.24. The van der Waals surface area contributed by atoms with Crippen LogP contribution >= 0.6 is 11.6 Å². The van der Waals surface area contributed by atoms with Crippen molar-refractivity contribution in [2.24, 2.45) is 0 Å². The van der Waals surface area contributed by atoms with E-state index in [2.05, 4.69) is 0 Å². The molecule has 0 radical (unpaired) electrons. The van der Waals surface area contributed by atoms with E-state index in [0.29, 0.717) is 9.92 Å². The molecule has 90 valence electrons. The lowest BCUT2D eigenvalue weighted by atomic mass is 10.2. The number of nitrogens with zero attached hydrogens (tertiary/aromatic N) is 1. The van der Waals surface area contributed by atoms with Crippen LogP contribution in [0.4, 0.5) is 0 Å². The van der Waals surface area contributed by atoms with Crippen molar-refractivity contribution in [1.29, 1.82) is 0 Å². The molecule has 0 atom stereocenters. The fourth-order valence-corrected chi connectivity index (χ4v) is 1.43. The monoisotopic (exact) mass is 255 g/mol. The minimum absolute atomic E-state index is 0.175. The van der Waals surface area contributed by atoms with E-state index in [1.807, 2.05) is 0 Å². The Morgan fingerprint density at radius 2 is 2.00 bits per heavy atom. The normalized spacial score (nSPS) is 9.76. The number of rotatable bonds is 3. The number of benzene rings is 1. The van der Waals surface area contributed by atoms with Gasteiger partial charge in [0.1, 0.15) is 6.54 Å². The van der Waals surface area contributed by atoms with E-state index in [1.165, 1.54) is 12.1 Å². The van der Waals surface area contributed by atoms with Crippen LogP contribution in [0, 0.1) is 0 Å². The number of carbonyl (C=O) groups is 3. The Hall–Kier alpha value is -1.88. The number of hydrogen-bond acceptors (Lipinski definition) is 3. The van der Waals surface area contributed by atoms with E-state index in [4.69, 9.17) is 16.7 Å². The van der Waals surface area contributed by atoms with Gasteiger partial charge in [0.25, 0.3) is 5.91 Å². The van der Waals surface area contributed by atoms with E-state index < -0.39 is 24.3 Å². The number of carbonyl (C=O) groups excluding carboxylic acids is 2. The van der Waals surface area contributed by atoms with E-state index in [1.54, 1.807) is 12.1 Å². The van der Waals surface area contributed by atoms with Gasteiger partial charge in [0, 0.05) is 17.5 Å². The van der Waals surface area contributed by atoms with Gasteiger partial charge in [-0.2, -0.15) is 0 Å². The third kappa shape index (κ3) is 3.57. The second-order valence-electron chi connectivity index (χ2n) is 3.31. The molecule has 0 aliphatic carbocycles. The number of imide groups is 1. The topological polar surface area (TPSA) is 74.7 Å². The summed E-state index contributed by atoms with van der Waals surface area (Å²) in [5.41, 5.74) is 0.175. The van der Waals surface area contributed by atoms with Crippen molar-refractivity contribution in [3.05, 3.63) is 34.9 Å². The number of carboxylic acid groups (broad SMARTS) is 1. The highest BCUT2D eigenvalue weighted by atomic mass is 35.5. The predicted molar refractivity (Wildman–Crippen MR) is 60.8 cm³/mol. The molecule has 2 amide bonds. The van der Waals surface area contributed by atoms with Crippen LogP contribution in [0.2, 0.25) is 5.02 Å². The van der Waals surface area contributed by atoms with Crippen molar-refractivity contribution < 1.29 is 19.5 Å². The van der Waals surface area contributed by atoms with Crippen molar-refractivity contribution in [3.8, 4) is 0 Å². The van der Waals surface area contributed by atoms with Crippen LogP contribution in [0.5, 0.6) is 0 Å². The summed E-state index contributed by atoms with van der Waals surface area (Å²) in [5.74, 6) is -2.56. The minimum atomic E-state index is -1.25. The van der Waals surface area contributed by atoms with Gasteiger partial charge >= 0.3 is 5.97 Å². The van der Waals surface area contributed by atoms with Crippen molar-refractivity contribution >= 4 is 29.4 Å². The first-order valence-electron chi connectivity index (χ1n) is 4.71. The standard InChI is InChI=1S/C11H10ClNO4/c1-7(14)13(6-10(15)16)11(17)8-3-2-4-9(12)5-8/h2-5H,6H2,1H3,(H,15,16). The minimum Gasteiger partial charge on any atom is -0.480 e. The summed E-state index contributed by atoms with van der Waals surface area (Å²) in [6.07, 6.45) is 0. The number of aliphatic carboxylic acids is 1. The fourth-order valence-electron chi connectivity index (χ4n) is 1.24. The molecule has 0 saturated carbocycles. The molecule has 0 heterocycles. The Labute approximate surface area is 103 Å². The average molecular weight is 256 g/mol. The Bertz CT molecular complexity index is 472. The quantitative estimate of drug-likeness (QED) is 0.886. The number of hydrogen-bond donors (Lipinski definition) is 1. The lowest BCUT2D eigenvalue weighted by Gasteiger charge is -2.16. The van der Waals surface area contributed by atoms with Crippen molar-refractivity contribution in [2.75, 3.05) is 6.54 Å². The third-order valence-electron chi connectivity index (χ3n) is 1.99. The second-order valence-corrected chi connectivity index (χ2v) is 3.75. The Morgan fingerprint density at radius 3 is 2.47 bits per heavy atom. The molecule has 0 spiro atoms. The maximum atomic E-state index is 11.9. The number of carboxylic acids is 1. The molecule has 1 aromatic carbocycles. The smallest absolute Gasteiger partial charge is 0.323 e. The van der Waals surface area contributed by atoms with Crippen molar-refractivity contribution in [1.82, 2.24) is 4.90 Å². The van der Waals surface area contributed by atoms with Gasteiger partial charge in [-0.15, -0.1) is 0 Å². The van der Waals surface area contributed by atoms with Gasteiger partial charge in [-0.1, -0.05) is 17.7 Å². The Kier molecular flexibility index (Phi) is 4.23. The Balaban J connectivity index is 3.00. The van der Waals surface area contributed by atoms with Crippen molar-refractivity contribution in [2.45, 2.75) is 6.92 Å². The first kappa shape index (κ1) is 13.2. The lowest BCUT2D eigenvalue weighted by Crippen LogP contribution is -2.39. The molecule has 0 saturated heterocycles. The molecule has 1 rings (SSSR count). The summed E-state index contributed by atoms with van der Waals surface area (Å²) < 4.78 is 0. The number of halogens is 1. The van der Waals surface area contributed by atoms with Gasteiger partial charge < -0.3 is 5.11 Å². The molecule has 0 aliphatic rings. The van der Waals surface area contributed by atoms with Gasteiger partial charge in [-0.05, 0) is 18.2 Å². The van der Waals surface area contributed by atoms with Crippen LogP contribution in [-0.2, 0) is 9.59 Å². The predicted octanol–water partition coefficient (Wildman–Crippen LogP) is 1.41. The first-order valence-corrected chi connectivity index (χ1v) is 5.09. The fraction of sp³-hybridized carbons (Fsp3) is 0.182. The summed E-state index contributed by atoms with van der Waals surface area (Å²) in [7, 11) is 0. The maximum Gasteiger partial charge on any atom is 0.323 e. The zero-order valence-corrected chi connectivity index (χ0v) is 9.77. The highest BCUT2D eigenvalue weighted by Gasteiger charge is 2.22. The lowest BCUT2D eigenvalue weighted by molar-refractivity contribution is -0.142. The van der Waals surface area contributed by atoms with Crippen LogP contribution in [0.3, 0.4) is 0 Å². The largest absolute Gasteiger partial charge is 0.480 e. The second kappa shape index (κ2) is 5.45. The van der Waals surface area contributed by atoms with E-state index in [9.17, 15) is 14.4 Å². The van der Waals surface area contributed by atoms with Gasteiger partial charge in [0.2, 0.25) is 5.91 Å². The molecule has 0 fully saturated rings. The highest BCUT2D eigenvalue weighted by Crippen LogP contribution is 2.12. The SMILES string of the molecule is CC(=O)N(CC(=O)O)C(=O)c1cccc(Cl)c1. The first-order chi connectivity index (χ1) is 7.91. The van der Waals surface area contributed by atoms with E-state index >= 15 is 0 Å². The van der Waals surface area contributed by atoms with Crippen LogP contribution in [0.25, 0.3) is 0 Å². The van der Waals surface area contributed by atoms with Gasteiger partial charge in [0.15, 0.2) is 0 Å². The molecule has 0 aliphatic heterocycles. The van der Waals surface area contributed by atoms with Gasteiger partial charge in [-0.25, -0.2) is 0 Å². The molecule has 1 aromatic rings.